The Hall–Kier alpha value is -3.69. The van der Waals surface area contributed by atoms with Crippen molar-refractivity contribution in [2.45, 2.75) is 90.0 Å². The zero-order valence-corrected chi connectivity index (χ0v) is 24.2. The highest BCUT2D eigenvalue weighted by molar-refractivity contribution is 6.06. The number of aromatic nitrogens is 3. The lowest BCUT2D eigenvalue weighted by atomic mass is 9.58. The number of hydrogen-bond donors (Lipinski definition) is 1. The predicted molar refractivity (Wildman–Crippen MR) is 149 cm³/mol. The van der Waals surface area contributed by atoms with Gasteiger partial charge in [-0.2, -0.15) is 27.3 Å². The number of aryl methyl sites for hydroxylation is 1. The molecule has 2 unspecified atom stereocenters. The molecule has 0 saturated carbocycles. The number of halogens is 4. The number of fused-ring (bicyclic) bond motifs is 4. The van der Waals surface area contributed by atoms with Crippen molar-refractivity contribution in [2.24, 2.45) is 15.7 Å². The van der Waals surface area contributed by atoms with E-state index in [9.17, 15) is 17.6 Å². The maximum Gasteiger partial charge on any atom is 0.449 e. The van der Waals surface area contributed by atoms with Gasteiger partial charge in [-0.05, 0) is 49.6 Å². The van der Waals surface area contributed by atoms with Gasteiger partial charge in [0.15, 0.2) is 12.4 Å². The molecular weight excluding hydrogens is 532 g/mol. The summed E-state index contributed by atoms with van der Waals surface area (Å²) in [6.45, 7) is 12.4. The molecular formula is C31H36F4N6+2. The summed E-state index contributed by atoms with van der Waals surface area (Å²) < 4.78 is 59.6. The molecule has 41 heavy (non-hydrogen) atoms. The quantitative estimate of drug-likeness (QED) is 0.183. The van der Waals surface area contributed by atoms with E-state index in [-0.39, 0.29) is 17.6 Å². The zero-order chi connectivity index (χ0) is 29.9. The Bertz CT molecular complexity index is 1580. The highest BCUT2D eigenvalue weighted by Gasteiger charge is 2.70. The molecule has 0 aliphatic carbocycles. The standard InChI is InChI=1S/C31H36F4N6/c1-7-22-25-20-14-13-19(32)16-21(20)29(6,8-2)30(9-3,41(25)17-23(37-22)18(4)5)28-39-26(38-27(36)31(33,34)35)24-12-10-11-15-40(24)28/h10-18,28H,7-9H2,1-6H3,(H2,36,38,39)/q+2/t28?,29?,30-/m0/s1. The van der Waals surface area contributed by atoms with E-state index in [0.717, 1.165) is 28.2 Å². The van der Waals surface area contributed by atoms with Crippen molar-refractivity contribution >= 4 is 11.7 Å². The minimum Gasteiger partial charge on any atom is -0.380 e. The number of benzene rings is 1. The van der Waals surface area contributed by atoms with Gasteiger partial charge in [0.05, 0.1) is 11.0 Å². The van der Waals surface area contributed by atoms with Gasteiger partial charge in [0, 0.05) is 24.5 Å². The summed E-state index contributed by atoms with van der Waals surface area (Å²) in [7, 11) is 0. The monoisotopic (exact) mass is 568 g/mol. The van der Waals surface area contributed by atoms with Crippen molar-refractivity contribution in [3.8, 4) is 11.3 Å². The Kier molecular flexibility index (Phi) is 7.02. The fraction of sp³-hybridized carbons (Fsp3) is 0.452. The molecule has 4 heterocycles. The van der Waals surface area contributed by atoms with E-state index in [2.05, 4.69) is 50.4 Å². The normalized spacial score (nSPS) is 23.7. The van der Waals surface area contributed by atoms with Crippen LogP contribution in [0.15, 0.2) is 58.8 Å². The van der Waals surface area contributed by atoms with Crippen LogP contribution < -0.4 is 14.9 Å². The molecule has 3 atom stereocenters. The second-order valence-corrected chi connectivity index (χ2v) is 11.3. The van der Waals surface area contributed by atoms with Crippen LogP contribution in [-0.4, -0.2) is 22.8 Å². The smallest absolute Gasteiger partial charge is 0.380 e. The summed E-state index contributed by atoms with van der Waals surface area (Å²) >= 11 is 0. The van der Waals surface area contributed by atoms with Crippen LogP contribution in [0.4, 0.5) is 17.6 Å². The number of alkyl halides is 3. The first kappa shape index (κ1) is 28.8. The SMILES string of the molecule is CCc1nc(C(C)C)c[n+]2c1-c1ccc(F)cc1C(C)(CC)[C@]2(CC)C1N=C(N=C(N)C(F)(F)F)c2cccc[n+]21. The van der Waals surface area contributed by atoms with Gasteiger partial charge in [0.25, 0.3) is 11.2 Å². The van der Waals surface area contributed by atoms with Gasteiger partial charge in [0.1, 0.15) is 17.2 Å². The molecule has 2 N–H and O–H groups in total. The van der Waals surface area contributed by atoms with E-state index in [1.165, 1.54) is 6.07 Å². The number of pyridine rings is 1. The molecule has 6 nitrogen and oxygen atoms in total. The Morgan fingerprint density at radius 3 is 2.46 bits per heavy atom. The van der Waals surface area contributed by atoms with Crippen LogP contribution in [0.3, 0.4) is 0 Å². The van der Waals surface area contributed by atoms with Gasteiger partial charge < -0.3 is 5.73 Å². The van der Waals surface area contributed by atoms with E-state index in [1.807, 2.05) is 29.8 Å². The molecule has 5 rings (SSSR count). The third kappa shape index (κ3) is 4.16. The number of aliphatic imine (C=N–C) groups is 2. The van der Waals surface area contributed by atoms with Gasteiger partial charge in [-0.15, -0.1) is 0 Å². The Labute approximate surface area is 237 Å². The number of rotatable bonds is 5. The Morgan fingerprint density at radius 2 is 1.85 bits per heavy atom. The molecule has 2 aliphatic rings. The average Bonchev–Trinajstić information content (AvgIpc) is 3.30. The van der Waals surface area contributed by atoms with Crippen LogP contribution in [-0.2, 0) is 17.4 Å². The van der Waals surface area contributed by atoms with Gasteiger partial charge in [-0.3, -0.25) is 0 Å². The van der Waals surface area contributed by atoms with Crippen molar-refractivity contribution in [3.05, 3.63) is 77.3 Å². The third-order valence-electron chi connectivity index (χ3n) is 9.00. The topological polar surface area (TPSA) is 71.4 Å². The lowest BCUT2D eigenvalue weighted by Crippen LogP contribution is -2.75. The highest BCUT2D eigenvalue weighted by Crippen LogP contribution is 2.54. The van der Waals surface area contributed by atoms with Crippen LogP contribution in [0.2, 0.25) is 0 Å². The van der Waals surface area contributed by atoms with Crippen LogP contribution >= 0.6 is 0 Å². The molecule has 0 fully saturated rings. The molecule has 0 saturated heterocycles. The average molecular weight is 569 g/mol. The van der Waals surface area contributed by atoms with Gasteiger partial charge >= 0.3 is 12.3 Å². The minimum atomic E-state index is -4.79. The van der Waals surface area contributed by atoms with E-state index in [4.69, 9.17) is 15.7 Å². The molecule has 10 heteroatoms. The maximum absolute atomic E-state index is 15.0. The first-order chi connectivity index (χ1) is 19.3. The summed E-state index contributed by atoms with van der Waals surface area (Å²) in [5.41, 5.74) is 8.62. The van der Waals surface area contributed by atoms with Gasteiger partial charge in [0.2, 0.25) is 17.4 Å². The van der Waals surface area contributed by atoms with E-state index < -0.39 is 29.1 Å². The van der Waals surface area contributed by atoms with E-state index in [0.29, 0.717) is 25.0 Å². The number of amidine groups is 2. The highest BCUT2D eigenvalue weighted by atomic mass is 19.4. The largest absolute Gasteiger partial charge is 0.449 e. The number of nitrogens with two attached hydrogens (primary N) is 1. The molecule has 0 radical (unpaired) electrons. The fourth-order valence-corrected chi connectivity index (χ4v) is 6.73. The van der Waals surface area contributed by atoms with Crippen molar-refractivity contribution in [1.29, 1.82) is 0 Å². The summed E-state index contributed by atoms with van der Waals surface area (Å²) in [4.78, 5) is 13.7. The van der Waals surface area contributed by atoms with Crippen LogP contribution in [0.25, 0.3) is 11.3 Å². The van der Waals surface area contributed by atoms with Crippen molar-refractivity contribution in [2.75, 3.05) is 0 Å². The second kappa shape index (κ2) is 9.99. The second-order valence-electron chi connectivity index (χ2n) is 11.3. The minimum absolute atomic E-state index is 0.0854. The molecule has 0 bridgehead atoms. The molecule has 2 aromatic heterocycles. The Balaban J connectivity index is 1.94. The van der Waals surface area contributed by atoms with Crippen molar-refractivity contribution < 1.29 is 26.7 Å². The summed E-state index contributed by atoms with van der Waals surface area (Å²) in [5, 5.41) is 0. The molecule has 216 valence electrons. The lowest BCUT2D eigenvalue weighted by Gasteiger charge is -2.47. The fourth-order valence-electron chi connectivity index (χ4n) is 6.73. The molecule has 0 amide bonds. The first-order valence-corrected chi connectivity index (χ1v) is 14.1. The molecule has 2 aliphatic heterocycles. The summed E-state index contributed by atoms with van der Waals surface area (Å²) in [5.74, 6) is -1.77. The maximum atomic E-state index is 15.0. The molecule has 1 aromatic carbocycles. The number of hydrogen-bond acceptors (Lipinski definition) is 3. The van der Waals surface area contributed by atoms with Crippen molar-refractivity contribution in [3.63, 3.8) is 0 Å². The third-order valence-corrected chi connectivity index (χ3v) is 9.00. The molecule has 0 spiro atoms. The van der Waals surface area contributed by atoms with Gasteiger partial charge in [-0.1, -0.05) is 34.6 Å². The van der Waals surface area contributed by atoms with E-state index >= 15 is 0 Å². The summed E-state index contributed by atoms with van der Waals surface area (Å²) in [6.07, 6.45) is 0.171. The van der Waals surface area contributed by atoms with Crippen LogP contribution in [0.1, 0.15) is 89.1 Å². The Morgan fingerprint density at radius 1 is 1.12 bits per heavy atom. The lowest BCUT2D eigenvalue weighted by molar-refractivity contribution is -0.851. The predicted octanol–water partition coefficient (Wildman–Crippen LogP) is 5.81. The van der Waals surface area contributed by atoms with Crippen molar-refractivity contribution in [1.82, 2.24) is 4.98 Å². The van der Waals surface area contributed by atoms with E-state index in [1.54, 1.807) is 18.2 Å². The van der Waals surface area contributed by atoms with Crippen LogP contribution in [0.5, 0.6) is 0 Å². The van der Waals surface area contributed by atoms with Crippen LogP contribution in [0, 0.1) is 5.82 Å². The zero-order valence-electron chi connectivity index (χ0n) is 24.2. The molecule has 3 aromatic rings. The first-order valence-electron chi connectivity index (χ1n) is 14.1. The van der Waals surface area contributed by atoms with Gasteiger partial charge in [-0.25, -0.2) is 14.4 Å². The summed E-state index contributed by atoms with van der Waals surface area (Å²) in [6, 6.07) is 10.1. The number of nitrogens with zero attached hydrogens (tertiary/aromatic N) is 5.